The largest absolute Gasteiger partial charge is 0.493 e. The van der Waals surface area contributed by atoms with Gasteiger partial charge >= 0.3 is 0 Å². The van der Waals surface area contributed by atoms with Gasteiger partial charge in [0.25, 0.3) is 0 Å². The van der Waals surface area contributed by atoms with E-state index in [1.807, 2.05) is 18.2 Å². The van der Waals surface area contributed by atoms with Gasteiger partial charge in [0.05, 0.1) is 14.2 Å². The second-order valence-corrected chi connectivity index (χ2v) is 4.66. The summed E-state index contributed by atoms with van der Waals surface area (Å²) < 4.78 is 10.6. The lowest BCUT2D eigenvalue weighted by molar-refractivity contribution is 0.355. The Morgan fingerprint density at radius 1 is 0.900 bits per heavy atom. The lowest BCUT2D eigenvalue weighted by atomic mass is 10.0. The van der Waals surface area contributed by atoms with Crippen molar-refractivity contribution in [3.05, 3.63) is 48.0 Å². The minimum Gasteiger partial charge on any atom is -0.493 e. The average Bonchev–Trinajstić information content (AvgIpc) is 2.52. The Kier molecular flexibility index (Phi) is 5.02. The summed E-state index contributed by atoms with van der Waals surface area (Å²) in [6, 6.07) is 14.5. The van der Waals surface area contributed by atoms with Gasteiger partial charge < -0.3 is 15.2 Å². The Labute approximate surface area is 120 Å². The molecule has 2 N–H and O–H groups in total. The van der Waals surface area contributed by atoms with E-state index in [0.29, 0.717) is 0 Å². The van der Waals surface area contributed by atoms with Crippen LogP contribution in [0.1, 0.15) is 12.0 Å². The molecule has 0 aromatic heterocycles. The maximum Gasteiger partial charge on any atom is 0.161 e. The molecule has 0 bridgehead atoms. The third-order valence-electron chi connectivity index (χ3n) is 3.31. The Bertz CT molecular complexity index is 567. The highest BCUT2D eigenvalue weighted by Crippen LogP contribution is 2.32. The molecule has 0 aliphatic heterocycles. The van der Waals surface area contributed by atoms with Crippen molar-refractivity contribution in [1.82, 2.24) is 0 Å². The van der Waals surface area contributed by atoms with Gasteiger partial charge in [0.15, 0.2) is 11.5 Å². The predicted molar refractivity (Wildman–Crippen MR) is 82.4 cm³/mol. The first kappa shape index (κ1) is 14.4. The molecule has 106 valence electrons. The monoisotopic (exact) mass is 271 g/mol. The highest BCUT2D eigenvalue weighted by molar-refractivity contribution is 5.67. The molecule has 0 fully saturated rings. The molecule has 0 aliphatic carbocycles. The van der Waals surface area contributed by atoms with Crippen LogP contribution in [0.2, 0.25) is 0 Å². The van der Waals surface area contributed by atoms with E-state index in [1.54, 1.807) is 14.2 Å². The molecule has 0 spiro atoms. The maximum atomic E-state index is 5.56. The molecule has 0 unspecified atom stereocenters. The third kappa shape index (κ3) is 3.31. The summed E-state index contributed by atoms with van der Waals surface area (Å²) in [4.78, 5) is 0. The lowest BCUT2D eigenvalue weighted by Crippen LogP contribution is -2.00. The molecule has 0 saturated carbocycles. The predicted octanol–water partition coefficient (Wildman–Crippen LogP) is 3.26. The second-order valence-electron chi connectivity index (χ2n) is 4.66. The van der Waals surface area contributed by atoms with Crippen molar-refractivity contribution in [3.63, 3.8) is 0 Å². The van der Waals surface area contributed by atoms with Crippen molar-refractivity contribution >= 4 is 0 Å². The number of methoxy groups -OCH3 is 2. The summed E-state index contributed by atoms with van der Waals surface area (Å²) in [5.74, 6) is 1.49. The normalized spacial score (nSPS) is 10.3. The summed E-state index contributed by atoms with van der Waals surface area (Å²) in [5, 5.41) is 0. The second kappa shape index (κ2) is 6.96. The standard InChI is InChI=1S/C17H21NO2/c1-19-16-9-8-15(12-17(16)20-2)14-7-3-5-13(11-14)6-4-10-18/h3,5,7-9,11-12H,4,6,10,18H2,1-2H3. The van der Waals surface area contributed by atoms with Gasteiger partial charge in [-0.3, -0.25) is 0 Å². The summed E-state index contributed by atoms with van der Waals surface area (Å²) in [6.45, 7) is 0.723. The van der Waals surface area contributed by atoms with Crippen molar-refractivity contribution in [1.29, 1.82) is 0 Å². The molecule has 0 saturated heterocycles. The van der Waals surface area contributed by atoms with E-state index in [-0.39, 0.29) is 0 Å². The smallest absolute Gasteiger partial charge is 0.161 e. The fourth-order valence-corrected chi connectivity index (χ4v) is 2.23. The molecule has 2 aromatic carbocycles. The zero-order valence-corrected chi connectivity index (χ0v) is 12.1. The third-order valence-corrected chi connectivity index (χ3v) is 3.31. The molecule has 3 heteroatoms. The quantitative estimate of drug-likeness (QED) is 0.877. The molecule has 0 atom stereocenters. The minimum absolute atomic E-state index is 0.723. The Hall–Kier alpha value is -2.00. The number of benzene rings is 2. The van der Waals surface area contributed by atoms with Crippen molar-refractivity contribution in [2.45, 2.75) is 12.8 Å². The Morgan fingerprint density at radius 2 is 1.65 bits per heavy atom. The first-order valence-electron chi connectivity index (χ1n) is 6.80. The fraction of sp³-hybridized carbons (Fsp3) is 0.294. The van der Waals surface area contributed by atoms with Gasteiger partial charge in [0.1, 0.15) is 0 Å². The number of ether oxygens (including phenoxy) is 2. The molecule has 3 nitrogen and oxygen atoms in total. The van der Waals surface area contributed by atoms with Crippen molar-refractivity contribution in [2.24, 2.45) is 5.73 Å². The molecule has 0 amide bonds. The minimum atomic E-state index is 0.723. The summed E-state index contributed by atoms with van der Waals surface area (Å²) in [5.41, 5.74) is 9.18. The van der Waals surface area contributed by atoms with E-state index in [2.05, 4.69) is 24.3 Å². The molecule has 2 aromatic rings. The molecule has 0 radical (unpaired) electrons. The molecule has 2 rings (SSSR count). The van der Waals surface area contributed by atoms with Crippen molar-refractivity contribution in [3.8, 4) is 22.6 Å². The van der Waals surface area contributed by atoms with Crippen LogP contribution < -0.4 is 15.2 Å². The van der Waals surface area contributed by atoms with E-state index in [9.17, 15) is 0 Å². The molecule has 0 aliphatic rings. The zero-order chi connectivity index (χ0) is 14.4. The highest BCUT2D eigenvalue weighted by atomic mass is 16.5. The van der Waals surface area contributed by atoms with Crippen molar-refractivity contribution < 1.29 is 9.47 Å². The van der Waals surface area contributed by atoms with Crippen LogP contribution in [-0.2, 0) is 6.42 Å². The van der Waals surface area contributed by atoms with Gasteiger partial charge in [-0.2, -0.15) is 0 Å². The maximum absolute atomic E-state index is 5.56. The van der Waals surface area contributed by atoms with Gasteiger partial charge in [-0.05, 0) is 48.2 Å². The van der Waals surface area contributed by atoms with Gasteiger partial charge in [-0.25, -0.2) is 0 Å². The van der Waals surface area contributed by atoms with E-state index >= 15 is 0 Å². The van der Waals surface area contributed by atoms with Crippen LogP contribution in [0.4, 0.5) is 0 Å². The Morgan fingerprint density at radius 3 is 2.35 bits per heavy atom. The summed E-state index contributed by atoms with van der Waals surface area (Å²) >= 11 is 0. The van der Waals surface area contributed by atoms with Crippen molar-refractivity contribution in [2.75, 3.05) is 20.8 Å². The van der Waals surface area contributed by atoms with E-state index in [1.165, 1.54) is 11.1 Å². The summed E-state index contributed by atoms with van der Waals surface area (Å²) in [7, 11) is 3.30. The summed E-state index contributed by atoms with van der Waals surface area (Å²) in [6.07, 6.45) is 2.02. The van der Waals surface area contributed by atoms with Crippen LogP contribution in [-0.4, -0.2) is 20.8 Å². The number of hydrogen-bond donors (Lipinski definition) is 1. The van der Waals surface area contributed by atoms with Gasteiger partial charge in [-0.1, -0.05) is 30.3 Å². The van der Waals surface area contributed by atoms with Crippen LogP contribution in [0.15, 0.2) is 42.5 Å². The lowest BCUT2D eigenvalue weighted by Gasteiger charge is -2.10. The first-order valence-corrected chi connectivity index (χ1v) is 6.80. The molecular formula is C17H21NO2. The number of rotatable bonds is 6. The van der Waals surface area contributed by atoms with Gasteiger partial charge in [-0.15, -0.1) is 0 Å². The number of hydrogen-bond acceptors (Lipinski definition) is 3. The van der Waals surface area contributed by atoms with Crippen LogP contribution in [0.3, 0.4) is 0 Å². The van der Waals surface area contributed by atoms with Crippen LogP contribution >= 0.6 is 0 Å². The SMILES string of the molecule is COc1ccc(-c2cccc(CCCN)c2)cc1OC. The van der Waals surface area contributed by atoms with Gasteiger partial charge in [0, 0.05) is 0 Å². The van der Waals surface area contributed by atoms with Crippen LogP contribution in [0.25, 0.3) is 11.1 Å². The highest BCUT2D eigenvalue weighted by Gasteiger charge is 2.06. The Balaban J connectivity index is 2.31. The fourth-order valence-electron chi connectivity index (χ4n) is 2.23. The van der Waals surface area contributed by atoms with E-state index in [0.717, 1.165) is 36.4 Å². The molecule has 20 heavy (non-hydrogen) atoms. The zero-order valence-electron chi connectivity index (χ0n) is 12.1. The van der Waals surface area contributed by atoms with Crippen LogP contribution in [0.5, 0.6) is 11.5 Å². The average molecular weight is 271 g/mol. The van der Waals surface area contributed by atoms with Crippen LogP contribution in [0, 0.1) is 0 Å². The molecule has 0 heterocycles. The van der Waals surface area contributed by atoms with E-state index < -0.39 is 0 Å². The van der Waals surface area contributed by atoms with E-state index in [4.69, 9.17) is 15.2 Å². The topological polar surface area (TPSA) is 44.5 Å². The number of nitrogens with two attached hydrogens (primary N) is 1. The molecular weight excluding hydrogens is 250 g/mol. The van der Waals surface area contributed by atoms with Gasteiger partial charge in [0.2, 0.25) is 0 Å². The number of aryl methyl sites for hydroxylation is 1. The first-order chi connectivity index (χ1) is 9.78.